The number of para-hydroxylation sites is 1. The van der Waals surface area contributed by atoms with Gasteiger partial charge in [-0.15, -0.1) is 0 Å². The van der Waals surface area contributed by atoms with Gasteiger partial charge in [0.2, 0.25) is 5.95 Å². The molecule has 1 heterocycles. The number of nitrogens with one attached hydrogen (secondary N) is 1. The van der Waals surface area contributed by atoms with Crippen LogP contribution in [0.2, 0.25) is 0 Å². The van der Waals surface area contributed by atoms with Crippen molar-refractivity contribution >= 4 is 23.0 Å². The van der Waals surface area contributed by atoms with E-state index in [2.05, 4.69) is 18.3 Å². The average Bonchev–Trinajstić information content (AvgIpc) is 3.20. The Kier molecular flexibility index (Phi) is 6.70. The number of nitrogens with zero attached hydrogens (tertiary/aromatic N) is 3. The monoisotopic (exact) mass is 438 g/mol. The van der Waals surface area contributed by atoms with E-state index in [1.807, 2.05) is 65.2 Å². The molecule has 0 unspecified atom stereocenters. The number of anilines is 1. The molecule has 4 aromatic rings. The van der Waals surface area contributed by atoms with Crippen molar-refractivity contribution in [3.63, 3.8) is 0 Å². The van der Waals surface area contributed by atoms with Crippen LogP contribution in [0.5, 0.6) is 0 Å². The van der Waals surface area contributed by atoms with Gasteiger partial charge in [-0.3, -0.25) is 0 Å². The first-order valence-electron chi connectivity index (χ1n) is 11.1. The number of ether oxygens (including phenoxy) is 1. The van der Waals surface area contributed by atoms with E-state index < -0.39 is 0 Å². The summed E-state index contributed by atoms with van der Waals surface area (Å²) in [5.74, 6) is 0.372. The van der Waals surface area contributed by atoms with Crippen LogP contribution >= 0.6 is 0 Å². The number of hydrogen-bond donors (Lipinski definition) is 1. The van der Waals surface area contributed by atoms with Gasteiger partial charge in [-0.25, -0.2) is 9.78 Å². The second kappa shape index (κ2) is 10.0. The molecule has 0 radical (unpaired) electrons. The fraction of sp³-hybridized carbons (Fsp3) is 0.222. The van der Waals surface area contributed by atoms with E-state index in [-0.39, 0.29) is 5.97 Å². The fourth-order valence-corrected chi connectivity index (χ4v) is 3.89. The first kappa shape index (κ1) is 22.1. The van der Waals surface area contributed by atoms with E-state index in [1.54, 1.807) is 13.0 Å². The molecule has 0 saturated heterocycles. The molecule has 33 heavy (non-hydrogen) atoms. The van der Waals surface area contributed by atoms with Crippen LogP contribution < -0.4 is 5.32 Å². The summed E-state index contributed by atoms with van der Waals surface area (Å²) in [6, 6.07) is 23.5. The van der Waals surface area contributed by atoms with Crippen LogP contribution in [0.25, 0.3) is 22.2 Å². The molecule has 166 valence electrons. The van der Waals surface area contributed by atoms with Gasteiger partial charge < -0.3 is 14.6 Å². The fourth-order valence-electron chi connectivity index (χ4n) is 3.89. The summed E-state index contributed by atoms with van der Waals surface area (Å²) in [6.07, 6.45) is 0.959. The molecule has 0 fully saturated rings. The summed E-state index contributed by atoms with van der Waals surface area (Å²) in [4.78, 5) is 17.4. The van der Waals surface area contributed by atoms with E-state index in [0.717, 1.165) is 46.6 Å². The molecule has 4 rings (SSSR count). The number of hydrogen-bond acceptors (Lipinski definition) is 5. The summed E-state index contributed by atoms with van der Waals surface area (Å²) in [7, 11) is 0. The summed E-state index contributed by atoms with van der Waals surface area (Å²) in [5, 5.41) is 12.8. The molecule has 1 aromatic heterocycles. The lowest BCUT2D eigenvalue weighted by Crippen LogP contribution is -2.12. The standard InChI is InChI=1S/C27H26N4O2/c1-3-16-29-27-30-24-11-7-10-23(26(32)33-4-2)25(24)31(27)18-19-12-14-20(15-13-19)22-9-6-5-8-21(22)17-28/h5-15H,3-4,16,18H2,1-2H3,(H,29,30). The van der Waals surface area contributed by atoms with E-state index in [0.29, 0.717) is 24.3 Å². The van der Waals surface area contributed by atoms with Crippen molar-refractivity contribution < 1.29 is 9.53 Å². The SMILES string of the molecule is CCCNc1nc2cccc(C(=O)OCC)c2n1Cc1ccc(-c2ccccc2C#N)cc1. The molecule has 0 aliphatic carbocycles. The van der Waals surface area contributed by atoms with Gasteiger partial charge in [0.15, 0.2) is 0 Å². The maximum absolute atomic E-state index is 12.6. The zero-order chi connectivity index (χ0) is 23.2. The van der Waals surface area contributed by atoms with Crippen LogP contribution in [-0.4, -0.2) is 28.7 Å². The van der Waals surface area contributed by atoms with E-state index in [4.69, 9.17) is 9.72 Å². The van der Waals surface area contributed by atoms with Crippen LogP contribution in [0.4, 0.5) is 5.95 Å². The van der Waals surface area contributed by atoms with Gasteiger partial charge in [-0.05, 0) is 48.2 Å². The second-order valence-electron chi connectivity index (χ2n) is 7.70. The van der Waals surface area contributed by atoms with Gasteiger partial charge in [0.1, 0.15) is 0 Å². The molecule has 0 bridgehead atoms. The Labute approximate surface area is 193 Å². The van der Waals surface area contributed by atoms with Crippen LogP contribution in [-0.2, 0) is 11.3 Å². The highest BCUT2D eigenvalue weighted by Crippen LogP contribution is 2.27. The average molecular weight is 439 g/mol. The Hall–Kier alpha value is -4.11. The smallest absolute Gasteiger partial charge is 0.340 e. The number of rotatable bonds is 8. The first-order chi connectivity index (χ1) is 16.2. The molecular weight excluding hydrogens is 412 g/mol. The molecular formula is C27H26N4O2. The lowest BCUT2D eigenvalue weighted by Gasteiger charge is -2.13. The molecule has 0 atom stereocenters. The summed E-state index contributed by atoms with van der Waals surface area (Å²) in [6.45, 7) is 5.54. The summed E-state index contributed by atoms with van der Waals surface area (Å²) in [5.41, 5.74) is 5.62. The van der Waals surface area contributed by atoms with Gasteiger partial charge in [-0.2, -0.15) is 5.26 Å². The van der Waals surface area contributed by atoms with Crippen molar-refractivity contribution in [2.75, 3.05) is 18.5 Å². The minimum atomic E-state index is -0.352. The molecule has 0 spiro atoms. The number of benzene rings is 3. The molecule has 1 N–H and O–H groups in total. The van der Waals surface area contributed by atoms with Gasteiger partial charge in [0.25, 0.3) is 0 Å². The van der Waals surface area contributed by atoms with Crippen molar-refractivity contribution in [2.24, 2.45) is 0 Å². The van der Waals surface area contributed by atoms with Gasteiger partial charge in [-0.1, -0.05) is 55.5 Å². The van der Waals surface area contributed by atoms with Crippen LogP contribution in [0.1, 0.15) is 41.8 Å². The number of fused-ring (bicyclic) bond motifs is 1. The predicted octanol–water partition coefficient (Wildman–Crippen LogP) is 5.62. The highest BCUT2D eigenvalue weighted by atomic mass is 16.5. The Morgan fingerprint density at radius 1 is 1.06 bits per heavy atom. The second-order valence-corrected chi connectivity index (χ2v) is 7.70. The van der Waals surface area contributed by atoms with Crippen LogP contribution in [0.3, 0.4) is 0 Å². The van der Waals surface area contributed by atoms with Crippen molar-refractivity contribution in [1.29, 1.82) is 5.26 Å². The molecule has 6 heteroatoms. The third kappa shape index (κ3) is 4.58. The Bertz CT molecular complexity index is 1320. The minimum Gasteiger partial charge on any atom is -0.462 e. The van der Waals surface area contributed by atoms with E-state index >= 15 is 0 Å². The lowest BCUT2D eigenvalue weighted by molar-refractivity contribution is 0.0528. The number of carbonyl (C=O) groups is 1. The topological polar surface area (TPSA) is 79.9 Å². The van der Waals surface area contributed by atoms with Gasteiger partial charge in [0.05, 0.1) is 41.4 Å². The van der Waals surface area contributed by atoms with Crippen LogP contribution in [0.15, 0.2) is 66.7 Å². The van der Waals surface area contributed by atoms with Crippen molar-refractivity contribution in [3.05, 3.63) is 83.4 Å². The molecule has 0 amide bonds. The molecule has 3 aromatic carbocycles. The third-order valence-electron chi connectivity index (χ3n) is 5.45. The zero-order valence-electron chi connectivity index (χ0n) is 18.8. The lowest BCUT2D eigenvalue weighted by atomic mass is 9.99. The van der Waals surface area contributed by atoms with Crippen molar-refractivity contribution in [1.82, 2.24) is 9.55 Å². The zero-order valence-corrected chi connectivity index (χ0v) is 18.8. The summed E-state index contributed by atoms with van der Waals surface area (Å²) < 4.78 is 7.33. The van der Waals surface area contributed by atoms with E-state index in [9.17, 15) is 10.1 Å². The molecule has 0 saturated carbocycles. The predicted molar refractivity (Wildman–Crippen MR) is 130 cm³/mol. The van der Waals surface area contributed by atoms with E-state index in [1.165, 1.54) is 0 Å². The molecule has 0 aliphatic heterocycles. The Morgan fingerprint density at radius 2 is 1.85 bits per heavy atom. The van der Waals surface area contributed by atoms with Crippen LogP contribution in [0, 0.1) is 11.3 Å². The van der Waals surface area contributed by atoms with Gasteiger partial charge in [0, 0.05) is 6.54 Å². The largest absolute Gasteiger partial charge is 0.462 e. The Morgan fingerprint density at radius 3 is 2.58 bits per heavy atom. The highest BCUT2D eigenvalue weighted by molar-refractivity contribution is 6.03. The molecule has 6 nitrogen and oxygen atoms in total. The van der Waals surface area contributed by atoms with Crippen molar-refractivity contribution in [3.8, 4) is 17.2 Å². The van der Waals surface area contributed by atoms with Crippen molar-refractivity contribution in [2.45, 2.75) is 26.8 Å². The maximum atomic E-state index is 12.6. The number of esters is 1. The number of nitriles is 1. The number of aromatic nitrogens is 2. The third-order valence-corrected chi connectivity index (χ3v) is 5.45. The molecule has 0 aliphatic rings. The summed E-state index contributed by atoms with van der Waals surface area (Å²) >= 11 is 0. The number of imidazole rings is 1. The normalized spacial score (nSPS) is 10.7. The maximum Gasteiger partial charge on any atom is 0.340 e. The highest BCUT2D eigenvalue weighted by Gasteiger charge is 2.19. The minimum absolute atomic E-state index is 0.315. The quantitative estimate of drug-likeness (QED) is 0.361. The first-order valence-corrected chi connectivity index (χ1v) is 11.1. The Balaban J connectivity index is 1.74. The number of carbonyl (C=O) groups excluding carboxylic acids is 1. The van der Waals surface area contributed by atoms with Gasteiger partial charge >= 0.3 is 5.97 Å².